The number of allylic oxidation sites excluding steroid dienone is 1. The number of rotatable bonds is 6. The fourth-order valence-electron chi connectivity index (χ4n) is 2.82. The van der Waals surface area contributed by atoms with Crippen LogP contribution in [0.4, 0.5) is 5.13 Å². The Hall–Kier alpha value is -2.63. The first-order chi connectivity index (χ1) is 13.0. The van der Waals surface area contributed by atoms with Crippen LogP contribution in [0.2, 0.25) is 5.02 Å². The van der Waals surface area contributed by atoms with Crippen molar-refractivity contribution >= 4 is 40.1 Å². The molecule has 0 atom stereocenters. The van der Waals surface area contributed by atoms with Gasteiger partial charge in [-0.3, -0.25) is 10.1 Å². The smallest absolute Gasteiger partial charge is 0.250 e. The minimum atomic E-state index is -0.219. The predicted octanol–water partition coefficient (Wildman–Crippen LogP) is 5.72. The number of aryl methyl sites for hydroxylation is 1. The molecule has 0 aliphatic heterocycles. The van der Waals surface area contributed by atoms with Gasteiger partial charge in [0.2, 0.25) is 5.91 Å². The Morgan fingerprint density at radius 1 is 1.33 bits per heavy atom. The van der Waals surface area contributed by atoms with Gasteiger partial charge in [0.1, 0.15) is 0 Å². The van der Waals surface area contributed by atoms with Crippen LogP contribution in [-0.2, 0) is 11.3 Å². The summed E-state index contributed by atoms with van der Waals surface area (Å²) in [5, 5.41) is 6.01. The van der Waals surface area contributed by atoms with Crippen molar-refractivity contribution in [2.45, 2.75) is 20.4 Å². The molecule has 0 fully saturated rings. The summed E-state index contributed by atoms with van der Waals surface area (Å²) in [6.45, 7) is 8.70. The van der Waals surface area contributed by atoms with Crippen molar-refractivity contribution in [2.24, 2.45) is 0 Å². The van der Waals surface area contributed by atoms with Crippen LogP contribution < -0.4 is 5.32 Å². The third-order valence-electron chi connectivity index (χ3n) is 4.19. The number of nitrogens with zero attached hydrogens (tertiary/aromatic N) is 2. The first kappa shape index (κ1) is 19.1. The van der Waals surface area contributed by atoms with Crippen molar-refractivity contribution < 1.29 is 4.79 Å². The number of carbonyl (C=O) groups is 1. The molecule has 0 saturated carbocycles. The Balaban J connectivity index is 1.71. The van der Waals surface area contributed by atoms with Crippen molar-refractivity contribution in [1.82, 2.24) is 9.55 Å². The van der Waals surface area contributed by atoms with E-state index in [-0.39, 0.29) is 5.91 Å². The molecule has 3 aromatic rings. The quantitative estimate of drug-likeness (QED) is 0.427. The molecule has 1 amide bonds. The lowest BCUT2D eigenvalue weighted by molar-refractivity contribution is -0.111. The second kappa shape index (κ2) is 8.37. The zero-order valence-electron chi connectivity index (χ0n) is 15.2. The predicted molar refractivity (Wildman–Crippen MR) is 114 cm³/mol. The number of carbonyl (C=O) groups excluding carboxylic acids is 1. The molecule has 1 aromatic carbocycles. The van der Waals surface area contributed by atoms with E-state index in [2.05, 4.69) is 41.4 Å². The maximum Gasteiger partial charge on any atom is 0.250 e. The molecule has 6 heteroatoms. The highest BCUT2D eigenvalue weighted by atomic mass is 35.5. The van der Waals surface area contributed by atoms with Gasteiger partial charge >= 0.3 is 0 Å². The summed E-state index contributed by atoms with van der Waals surface area (Å²) < 4.78 is 2.19. The van der Waals surface area contributed by atoms with E-state index in [1.165, 1.54) is 17.4 Å². The van der Waals surface area contributed by atoms with Gasteiger partial charge in [-0.15, -0.1) is 17.9 Å². The van der Waals surface area contributed by atoms with E-state index >= 15 is 0 Å². The summed E-state index contributed by atoms with van der Waals surface area (Å²) in [5.41, 5.74) is 5.14. The van der Waals surface area contributed by atoms with Gasteiger partial charge in [-0.05, 0) is 43.7 Å². The molecular weight excluding hydrogens is 378 g/mol. The van der Waals surface area contributed by atoms with Crippen LogP contribution in [0.1, 0.15) is 17.0 Å². The van der Waals surface area contributed by atoms with E-state index < -0.39 is 0 Å². The number of halogens is 1. The van der Waals surface area contributed by atoms with Crippen LogP contribution in [0.25, 0.3) is 17.3 Å². The molecule has 0 saturated heterocycles. The Kier molecular flexibility index (Phi) is 5.94. The maximum absolute atomic E-state index is 12.1. The maximum atomic E-state index is 12.1. The molecule has 0 aliphatic rings. The highest BCUT2D eigenvalue weighted by Gasteiger charge is 2.13. The molecule has 27 heavy (non-hydrogen) atoms. The van der Waals surface area contributed by atoms with E-state index in [1.807, 2.05) is 23.6 Å². The van der Waals surface area contributed by atoms with Crippen LogP contribution in [0, 0.1) is 13.8 Å². The Morgan fingerprint density at radius 2 is 2.07 bits per heavy atom. The molecule has 138 valence electrons. The van der Waals surface area contributed by atoms with Gasteiger partial charge in [0.05, 0.1) is 5.69 Å². The van der Waals surface area contributed by atoms with Gasteiger partial charge in [0, 0.05) is 40.0 Å². The topological polar surface area (TPSA) is 46.9 Å². The summed E-state index contributed by atoms with van der Waals surface area (Å²) in [5.74, 6) is -0.219. The van der Waals surface area contributed by atoms with Gasteiger partial charge in [-0.25, -0.2) is 4.98 Å². The van der Waals surface area contributed by atoms with Crippen LogP contribution in [0.3, 0.4) is 0 Å². The second-order valence-electron chi connectivity index (χ2n) is 6.10. The molecule has 0 radical (unpaired) electrons. The fraction of sp³-hybridized carbons (Fsp3) is 0.143. The van der Waals surface area contributed by atoms with Crippen molar-refractivity contribution in [3.63, 3.8) is 0 Å². The third kappa shape index (κ3) is 4.56. The average molecular weight is 398 g/mol. The van der Waals surface area contributed by atoms with Crippen molar-refractivity contribution in [2.75, 3.05) is 5.32 Å². The summed E-state index contributed by atoms with van der Waals surface area (Å²) in [6, 6.07) is 9.39. The van der Waals surface area contributed by atoms with Gasteiger partial charge in [0.25, 0.3) is 0 Å². The largest absolute Gasteiger partial charge is 0.345 e. The monoisotopic (exact) mass is 397 g/mol. The van der Waals surface area contributed by atoms with E-state index in [9.17, 15) is 4.79 Å². The highest BCUT2D eigenvalue weighted by molar-refractivity contribution is 7.14. The van der Waals surface area contributed by atoms with Gasteiger partial charge in [-0.1, -0.05) is 29.8 Å². The zero-order chi connectivity index (χ0) is 19.4. The van der Waals surface area contributed by atoms with Crippen molar-refractivity contribution in [3.05, 3.63) is 76.4 Å². The first-order valence-electron chi connectivity index (χ1n) is 8.46. The highest BCUT2D eigenvalue weighted by Crippen LogP contribution is 2.30. The Morgan fingerprint density at radius 3 is 2.78 bits per heavy atom. The average Bonchev–Trinajstić information content (AvgIpc) is 3.21. The summed E-state index contributed by atoms with van der Waals surface area (Å²) >= 11 is 7.27. The van der Waals surface area contributed by atoms with Crippen LogP contribution in [0.5, 0.6) is 0 Å². The van der Waals surface area contributed by atoms with E-state index in [0.29, 0.717) is 10.2 Å². The molecule has 4 nitrogen and oxygen atoms in total. The van der Waals surface area contributed by atoms with E-state index in [1.54, 1.807) is 18.2 Å². The molecule has 3 rings (SSSR count). The van der Waals surface area contributed by atoms with E-state index in [0.717, 1.165) is 34.8 Å². The number of benzene rings is 1. The molecular formula is C21H20ClN3OS. The van der Waals surface area contributed by atoms with Gasteiger partial charge in [0.15, 0.2) is 5.13 Å². The minimum Gasteiger partial charge on any atom is -0.345 e. The Bertz CT molecular complexity index is 999. The molecule has 0 unspecified atom stereocenters. The summed E-state index contributed by atoms with van der Waals surface area (Å²) in [7, 11) is 0. The number of hydrogen-bond donors (Lipinski definition) is 1. The Labute approximate surface area is 167 Å². The minimum absolute atomic E-state index is 0.219. The molecule has 2 heterocycles. The standard InChI is InChI=1S/C21H20ClN3OS/c1-4-11-25-14(2)12-18(15(25)3)19-13-27-21(23-19)24-20(26)10-7-16-5-8-17(22)9-6-16/h4-10,12-13H,1,11H2,2-3H3,(H,23,24,26)/b10-7+. The normalized spacial score (nSPS) is 11.1. The number of hydrogen-bond acceptors (Lipinski definition) is 3. The molecule has 1 N–H and O–H groups in total. The number of amides is 1. The molecule has 2 aromatic heterocycles. The fourth-order valence-corrected chi connectivity index (χ4v) is 3.66. The zero-order valence-corrected chi connectivity index (χ0v) is 16.8. The van der Waals surface area contributed by atoms with E-state index in [4.69, 9.17) is 11.6 Å². The van der Waals surface area contributed by atoms with Crippen LogP contribution in [-0.4, -0.2) is 15.5 Å². The third-order valence-corrected chi connectivity index (χ3v) is 5.20. The molecule has 0 spiro atoms. The molecule has 0 bridgehead atoms. The van der Waals surface area contributed by atoms with Crippen molar-refractivity contribution in [3.8, 4) is 11.3 Å². The summed E-state index contributed by atoms with van der Waals surface area (Å²) in [4.78, 5) is 16.7. The van der Waals surface area contributed by atoms with Crippen LogP contribution in [0.15, 0.2) is 54.4 Å². The lowest BCUT2D eigenvalue weighted by atomic mass is 10.2. The number of anilines is 1. The lowest BCUT2D eigenvalue weighted by Crippen LogP contribution is -2.07. The summed E-state index contributed by atoms with van der Waals surface area (Å²) in [6.07, 6.45) is 5.10. The first-order valence-corrected chi connectivity index (χ1v) is 9.72. The lowest BCUT2D eigenvalue weighted by Gasteiger charge is -2.05. The van der Waals surface area contributed by atoms with Gasteiger partial charge < -0.3 is 4.57 Å². The SMILES string of the molecule is C=CCn1c(C)cc(-c2csc(NC(=O)/C=C/c3ccc(Cl)cc3)n2)c1C. The molecule has 0 aliphatic carbocycles. The van der Waals surface area contributed by atoms with Gasteiger partial charge in [-0.2, -0.15) is 0 Å². The number of aromatic nitrogens is 2. The van der Waals surface area contributed by atoms with Crippen LogP contribution >= 0.6 is 22.9 Å². The number of nitrogens with one attached hydrogen (secondary N) is 1. The van der Waals surface area contributed by atoms with Crippen molar-refractivity contribution in [1.29, 1.82) is 0 Å². The second-order valence-corrected chi connectivity index (χ2v) is 7.39. The number of thiazole rings is 1.